The number of para-hydroxylation sites is 4. The lowest BCUT2D eigenvalue weighted by molar-refractivity contribution is 0.950. The molecular weight excluding hydrogens is 783 g/mol. The number of aromatic nitrogens is 5. The molecule has 12 rings (SSSR count). The molecule has 0 amide bonds. The summed E-state index contributed by atoms with van der Waals surface area (Å²) in [6.45, 7) is 0. The van der Waals surface area contributed by atoms with Crippen molar-refractivity contribution in [3.63, 3.8) is 0 Å². The van der Waals surface area contributed by atoms with Crippen LogP contribution in [-0.4, -0.2) is 32.2 Å². The van der Waals surface area contributed by atoms with E-state index in [1.165, 1.54) is 4.57 Å². The van der Waals surface area contributed by atoms with Crippen LogP contribution in [0, 0.1) is 0 Å². The predicted molar refractivity (Wildman–Crippen MR) is 263 cm³/mol. The lowest BCUT2D eigenvalue weighted by atomic mass is 10.1. The van der Waals surface area contributed by atoms with Gasteiger partial charge in [0.2, 0.25) is 5.95 Å². The smallest absolute Gasteiger partial charge is 0.238 e. The summed E-state index contributed by atoms with van der Waals surface area (Å²) in [6.07, 6.45) is 0. The summed E-state index contributed by atoms with van der Waals surface area (Å²) in [5.74, 6) is -3.08. The minimum atomic E-state index is -6.54. The minimum Gasteiger partial charge on any atom is -0.307 e. The molecule has 0 saturated carbocycles. The maximum Gasteiger partial charge on any atom is 0.238 e. The van der Waals surface area contributed by atoms with E-state index >= 15 is 0 Å². The molecule has 63 heavy (non-hydrogen) atoms. The molecule has 0 aliphatic rings. The molecular formula is C57H39N5Si. The molecule has 9 aromatic carbocycles. The van der Waals surface area contributed by atoms with Gasteiger partial charge in [0, 0.05) is 32.7 Å². The van der Waals surface area contributed by atoms with Crippen molar-refractivity contribution in [1.82, 2.24) is 24.1 Å². The van der Waals surface area contributed by atoms with Crippen LogP contribution in [0.25, 0.3) is 78.0 Å². The van der Waals surface area contributed by atoms with Crippen molar-refractivity contribution in [1.29, 1.82) is 0 Å². The van der Waals surface area contributed by atoms with Gasteiger partial charge in [0.05, 0.1) is 70.2 Å². The van der Waals surface area contributed by atoms with Gasteiger partial charge in [-0.25, -0.2) is 4.98 Å². The Morgan fingerprint density at radius 3 is 1.46 bits per heavy atom. The fraction of sp³-hybridized carbons (Fsp3) is 0. The van der Waals surface area contributed by atoms with E-state index in [2.05, 4.69) is 9.97 Å². The number of rotatable bonds is 8. The first-order valence-corrected chi connectivity index (χ1v) is 20.8. The van der Waals surface area contributed by atoms with E-state index in [1.807, 2.05) is 0 Å². The second-order valence-corrected chi connectivity index (χ2v) is 17.2. The van der Waals surface area contributed by atoms with Crippen LogP contribution in [0.5, 0.6) is 0 Å². The van der Waals surface area contributed by atoms with E-state index in [9.17, 15) is 23.3 Å². The third-order valence-electron chi connectivity index (χ3n) is 10.4. The normalized spacial score (nSPS) is 18.7. The molecule has 0 N–H and O–H groups in total. The summed E-state index contributed by atoms with van der Waals surface area (Å²) in [5.41, 5.74) is -2.66. The molecule has 0 fully saturated rings. The van der Waals surface area contributed by atoms with Gasteiger partial charge in [-0.05, 0) is 45.0 Å². The average molecular weight is 853 g/mol. The van der Waals surface area contributed by atoms with Crippen LogP contribution >= 0.6 is 0 Å². The van der Waals surface area contributed by atoms with Crippen LogP contribution in [0.2, 0.25) is 0 Å². The Bertz CT molecular complexity index is 5160. The van der Waals surface area contributed by atoms with Crippen LogP contribution < -0.4 is 20.7 Å². The molecule has 0 aliphatic carbocycles. The third-order valence-corrected chi connectivity index (χ3v) is 14.4. The van der Waals surface area contributed by atoms with Crippen molar-refractivity contribution in [3.05, 3.63) is 236 Å². The zero-order chi connectivity index (χ0) is 68.7. The highest BCUT2D eigenvalue weighted by Crippen LogP contribution is 2.39. The van der Waals surface area contributed by atoms with Crippen LogP contribution in [0.1, 0.15) is 42.5 Å². The lowest BCUT2D eigenvalue weighted by Gasteiger charge is -2.34. The Balaban J connectivity index is 1.38. The molecule has 0 saturated heterocycles. The Labute approximate surface area is 409 Å². The number of hydrogen-bond donors (Lipinski definition) is 0. The average Bonchev–Trinajstić information content (AvgIpc) is 1.04. The minimum absolute atomic E-state index is 0.309. The maximum absolute atomic E-state index is 10.6. The second-order valence-electron chi connectivity index (χ2n) is 13.7. The first-order chi connectivity index (χ1) is 44.1. The Kier molecular flexibility index (Phi) is 4.05. The fourth-order valence-corrected chi connectivity index (χ4v) is 11.4. The summed E-state index contributed by atoms with van der Waals surface area (Å²) in [5, 5.41) is -4.62. The number of fused-ring (bicyclic) bond motifs is 6. The van der Waals surface area contributed by atoms with Crippen molar-refractivity contribution in [2.45, 2.75) is 0 Å². The largest absolute Gasteiger partial charge is 0.307 e. The first-order valence-electron chi connectivity index (χ1n) is 34.3. The van der Waals surface area contributed by atoms with Gasteiger partial charge in [-0.15, -0.1) is 0 Å². The van der Waals surface area contributed by atoms with E-state index in [-0.39, 0.29) is 5.69 Å². The molecule has 12 aromatic rings. The summed E-state index contributed by atoms with van der Waals surface area (Å²) in [7, 11) is -6.54. The quantitative estimate of drug-likeness (QED) is 0.113. The molecule has 0 spiro atoms. The van der Waals surface area contributed by atoms with Crippen LogP contribution in [0.15, 0.2) is 236 Å². The van der Waals surface area contributed by atoms with Crippen molar-refractivity contribution < 1.29 is 42.5 Å². The molecule has 0 radical (unpaired) electrons. The standard InChI is InChI=1S/C57H39N5Si/c1-5-21-40(22-6-1)55-58-56(41-23-19-30-45(39-41)63(42-24-7-2-8-25-42,43-26-9-3-10-27-43)44-28-11-4-12-29-44)60-57(59-55)62-52-37-18-15-33-48(52)49-34-20-38-53(54(49)62)61-50-35-16-13-31-46(50)47-32-14-17-36-51(47)61/h1-39H/i1D,2D,3D,4D,5D,6D,7D,8D,9D,10D,11D,12D,15D,18D,19D,20D,21D,22D,23D,24D,25D,26D,27D,28D,29D,30D,33D,34D,37D,38D,39D. The van der Waals surface area contributed by atoms with Crippen LogP contribution in [0.4, 0.5) is 0 Å². The van der Waals surface area contributed by atoms with Crippen LogP contribution in [0.3, 0.4) is 0 Å². The Morgan fingerprint density at radius 1 is 0.365 bits per heavy atom. The number of nitrogens with zero attached hydrogens (tertiary/aromatic N) is 5. The highest BCUT2D eigenvalue weighted by atomic mass is 28.3. The van der Waals surface area contributed by atoms with Gasteiger partial charge in [-0.2, -0.15) is 9.97 Å². The summed E-state index contributed by atoms with van der Waals surface area (Å²) in [4.78, 5) is 13.9. The number of hydrogen-bond acceptors (Lipinski definition) is 3. The highest BCUT2D eigenvalue weighted by Gasteiger charge is 2.41. The van der Waals surface area contributed by atoms with E-state index in [0.717, 1.165) is 4.57 Å². The van der Waals surface area contributed by atoms with Gasteiger partial charge in [0.25, 0.3) is 0 Å². The zero-order valence-corrected chi connectivity index (χ0v) is 32.9. The van der Waals surface area contributed by atoms with Gasteiger partial charge in [-0.3, -0.25) is 4.57 Å². The Hall–Kier alpha value is -8.19. The fourth-order valence-electron chi connectivity index (χ4n) is 7.84. The number of benzene rings is 9. The SMILES string of the molecule is [2H]c1c([2H])c([2H])c(-c2nc(-c3c([2H])c([2H])c([2H])c([Si](c4c([2H])c([2H])c([2H])c([2H])c4[2H])(c4c([2H])c([2H])c([2H])c([2H])c4[2H])c4c([2H])c([2H])c([2H])c([2H])c4[2H])c3[2H])nc(-n3c4c([2H])c([2H])c([2H])c([2H])c4c4c([2H])c([2H])c([2H])c(-n5c6ccccc6c6ccccc65)c43)n2)c([2H])c1[2H]. The monoisotopic (exact) mass is 852 g/mol. The second kappa shape index (κ2) is 15.1. The van der Waals surface area contributed by atoms with E-state index in [4.69, 9.17) is 24.2 Å². The predicted octanol–water partition coefficient (Wildman–Crippen LogP) is 10.8. The Morgan fingerprint density at radius 2 is 0.841 bits per heavy atom. The molecule has 0 aliphatic heterocycles. The van der Waals surface area contributed by atoms with Crippen molar-refractivity contribution >= 4 is 72.4 Å². The topological polar surface area (TPSA) is 48.5 Å². The van der Waals surface area contributed by atoms with E-state index < -0.39 is 267 Å². The van der Waals surface area contributed by atoms with Gasteiger partial charge in [0.1, 0.15) is 0 Å². The molecule has 0 atom stereocenters. The summed E-state index contributed by atoms with van der Waals surface area (Å²) >= 11 is 0. The zero-order valence-electron chi connectivity index (χ0n) is 62.9. The maximum atomic E-state index is 10.6. The van der Waals surface area contributed by atoms with Gasteiger partial charge in [-0.1, -0.05) is 212 Å². The van der Waals surface area contributed by atoms with Crippen molar-refractivity contribution in [2.24, 2.45) is 0 Å². The van der Waals surface area contributed by atoms with Crippen molar-refractivity contribution in [3.8, 4) is 34.4 Å². The summed E-state index contributed by atoms with van der Waals surface area (Å²) < 4.78 is 291. The first kappa shape index (κ1) is 16.9. The molecule has 0 unspecified atom stereocenters. The summed E-state index contributed by atoms with van der Waals surface area (Å²) in [6, 6.07) is -21.3. The van der Waals surface area contributed by atoms with Crippen LogP contribution in [-0.2, 0) is 0 Å². The van der Waals surface area contributed by atoms with Gasteiger partial charge in [0.15, 0.2) is 19.7 Å². The van der Waals surface area contributed by atoms with Gasteiger partial charge >= 0.3 is 0 Å². The molecule has 296 valence electrons. The molecule has 5 nitrogen and oxygen atoms in total. The van der Waals surface area contributed by atoms with E-state index in [1.54, 1.807) is 48.5 Å². The molecule has 6 heteroatoms. The lowest BCUT2D eigenvalue weighted by Crippen LogP contribution is -2.74. The third kappa shape index (κ3) is 5.87. The van der Waals surface area contributed by atoms with Gasteiger partial charge < -0.3 is 4.57 Å². The molecule has 3 aromatic heterocycles. The highest BCUT2D eigenvalue weighted by molar-refractivity contribution is 7.19. The molecule has 0 bridgehead atoms. The molecule has 3 heterocycles. The van der Waals surface area contributed by atoms with Crippen molar-refractivity contribution in [2.75, 3.05) is 0 Å². The van der Waals surface area contributed by atoms with E-state index in [0.29, 0.717) is 21.8 Å².